The number of hydrogen-bond acceptors (Lipinski definition) is 4. The average Bonchev–Trinajstić information content (AvgIpc) is 3.09. The second kappa shape index (κ2) is 8.21. The summed E-state index contributed by atoms with van der Waals surface area (Å²) in [6.07, 6.45) is 5.08. The minimum atomic E-state index is -0.0157. The molecular weight excluding hydrogens is 340 g/mol. The Balaban J connectivity index is 1.89. The SMILES string of the molecule is CC(=O)N[C@H]1C[C@@H](c2cc(Cn3cncn3)c(C)cc2C)O[C@@H](C(C)C)C1. The maximum Gasteiger partial charge on any atom is 0.217 e. The van der Waals surface area contributed by atoms with Crippen molar-refractivity contribution in [2.24, 2.45) is 5.92 Å². The van der Waals surface area contributed by atoms with Crippen molar-refractivity contribution in [1.29, 1.82) is 0 Å². The van der Waals surface area contributed by atoms with Gasteiger partial charge in [-0.25, -0.2) is 9.67 Å². The van der Waals surface area contributed by atoms with Gasteiger partial charge in [-0.3, -0.25) is 4.79 Å². The van der Waals surface area contributed by atoms with Gasteiger partial charge in [0.25, 0.3) is 0 Å². The van der Waals surface area contributed by atoms with Crippen molar-refractivity contribution in [2.45, 2.75) is 72.3 Å². The summed E-state index contributed by atoms with van der Waals surface area (Å²) in [5.74, 6) is 0.431. The molecule has 0 spiro atoms. The van der Waals surface area contributed by atoms with E-state index in [0.29, 0.717) is 12.5 Å². The lowest BCUT2D eigenvalue weighted by molar-refractivity contribution is -0.123. The number of nitrogens with one attached hydrogen (secondary N) is 1. The molecule has 0 bridgehead atoms. The fraction of sp³-hybridized carbons (Fsp3) is 0.571. The van der Waals surface area contributed by atoms with Crippen LogP contribution in [0.5, 0.6) is 0 Å². The molecule has 1 fully saturated rings. The number of carbonyl (C=O) groups excluding carboxylic acids is 1. The van der Waals surface area contributed by atoms with Crippen molar-refractivity contribution in [2.75, 3.05) is 0 Å². The largest absolute Gasteiger partial charge is 0.370 e. The second-order valence-electron chi connectivity index (χ2n) is 8.00. The molecule has 1 aromatic carbocycles. The molecule has 0 aliphatic carbocycles. The Morgan fingerprint density at radius 2 is 2.07 bits per heavy atom. The minimum Gasteiger partial charge on any atom is -0.370 e. The quantitative estimate of drug-likeness (QED) is 0.876. The molecule has 27 heavy (non-hydrogen) atoms. The van der Waals surface area contributed by atoms with E-state index in [4.69, 9.17) is 4.74 Å². The molecule has 1 aromatic heterocycles. The van der Waals surface area contributed by atoms with Crippen molar-refractivity contribution in [3.63, 3.8) is 0 Å². The highest BCUT2D eigenvalue weighted by atomic mass is 16.5. The summed E-state index contributed by atoms with van der Waals surface area (Å²) in [5.41, 5.74) is 4.89. The fourth-order valence-corrected chi connectivity index (χ4v) is 3.91. The second-order valence-corrected chi connectivity index (χ2v) is 8.00. The number of aromatic nitrogens is 3. The van der Waals surface area contributed by atoms with E-state index in [1.807, 2.05) is 4.68 Å². The third-order valence-electron chi connectivity index (χ3n) is 5.38. The zero-order valence-electron chi connectivity index (χ0n) is 16.9. The highest BCUT2D eigenvalue weighted by molar-refractivity contribution is 5.73. The fourth-order valence-electron chi connectivity index (χ4n) is 3.91. The summed E-state index contributed by atoms with van der Waals surface area (Å²) in [6, 6.07) is 4.61. The molecule has 0 radical (unpaired) electrons. The summed E-state index contributed by atoms with van der Waals surface area (Å²) in [6.45, 7) is 10.9. The number of aryl methyl sites for hydroxylation is 2. The van der Waals surface area contributed by atoms with Gasteiger partial charge in [0.15, 0.2) is 0 Å². The maximum atomic E-state index is 11.6. The van der Waals surface area contributed by atoms with Gasteiger partial charge >= 0.3 is 0 Å². The molecule has 2 aromatic rings. The summed E-state index contributed by atoms with van der Waals surface area (Å²) >= 11 is 0. The molecule has 6 nitrogen and oxygen atoms in total. The van der Waals surface area contributed by atoms with Crippen LogP contribution >= 0.6 is 0 Å². The van der Waals surface area contributed by atoms with Crippen LogP contribution in [0.1, 0.15) is 62.0 Å². The Hall–Kier alpha value is -2.21. The van der Waals surface area contributed by atoms with Crippen LogP contribution in [0.2, 0.25) is 0 Å². The highest BCUT2D eigenvalue weighted by Crippen LogP contribution is 2.36. The van der Waals surface area contributed by atoms with E-state index in [9.17, 15) is 4.79 Å². The van der Waals surface area contributed by atoms with E-state index in [0.717, 1.165) is 12.8 Å². The Labute approximate surface area is 161 Å². The number of benzene rings is 1. The van der Waals surface area contributed by atoms with E-state index in [2.05, 4.69) is 55.2 Å². The summed E-state index contributed by atoms with van der Waals surface area (Å²) in [5, 5.41) is 7.33. The van der Waals surface area contributed by atoms with E-state index >= 15 is 0 Å². The van der Waals surface area contributed by atoms with Gasteiger partial charge in [0.2, 0.25) is 5.91 Å². The van der Waals surface area contributed by atoms with Crippen LogP contribution < -0.4 is 5.32 Å². The van der Waals surface area contributed by atoms with E-state index in [-0.39, 0.29) is 24.2 Å². The lowest BCUT2D eigenvalue weighted by atomic mass is 9.87. The third-order valence-corrected chi connectivity index (χ3v) is 5.38. The van der Waals surface area contributed by atoms with Crippen molar-refractivity contribution in [3.05, 3.63) is 47.0 Å². The highest BCUT2D eigenvalue weighted by Gasteiger charge is 2.33. The average molecular weight is 370 g/mol. The molecule has 1 amide bonds. The predicted molar refractivity (Wildman–Crippen MR) is 104 cm³/mol. The first-order valence-corrected chi connectivity index (χ1v) is 9.68. The molecule has 146 valence electrons. The van der Waals surface area contributed by atoms with Gasteiger partial charge in [0, 0.05) is 13.0 Å². The molecule has 0 saturated carbocycles. The van der Waals surface area contributed by atoms with Crippen LogP contribution in [0.4, 0.5) is 0 Å². The van der Waals surface area contributed by atoms with Gasteiger partial charge in [0.05, 0.1) is 18.8 Å². The Morgan fingerprint density at radius 3 is 2.70 bits per heavy atom. The standard InChI is InChI=1S/C21H30N4O2/c1-13(2)20-8-18(24-16(5)26)9-21(27-20)19-7-17(14(3)6-15(19)4)10-25-12-22-11-23-25/h6-7,11-13,18,20-21H,8-10H2,1-5H3,(H,24,26)/t18-,20-,21+/m1/s1. The molecule has 6 heteroatoms. The summed E-state index contributed by atoms with van der Waals surface area (Å²) in [4.78, 5) is 15.6. The summed E-state index contributed by atoms with van der Waals surface area (Å²) in [7, 11) is 0. The number of amides is 1. The molecule has 0 unspecified atom stereocenters. The van der Waals surface area contributed by atoms with Crippen LogP contribution in [-0.2, 0) is 16.1 Å². The molecule has 1 aliphatic rings. The van der Waals surface area contributed by atoms with Crippen molar-refractivity contribution in [1.82, 2.24) is 20.1 Å². The zero-order chi connectivity index (χ0) is 19.6. The van der Waals surface area contributed by atoms with E-state index < -0.39 is 0 Å². The normalized spacial score (nSPS) is 22.8. The van der Waals surface area contributed by atoms with Crippen LogP contribution in [0, 0.1) is 19.8 Å². The van der Waals surface area contributed by atoms with Crippen molar-refractivity contribution < 1.29 is 9.53 Å². The first-order valence-electron chi connectivity index (χ1n) is 9.68. The molecule has 2 heterocycles. The van der Waals surface area contributed by atoms with E-state index in [1.54, 1.807) is 19.6 Å². The molecule has 3 rings (SSSR count). The monoisotopic (exact) mass is 370 g/mol. The Kier molecular flexibility index (Phi) is 5.95. The van der Waals surface area contributed by atoms with Crippen LogP contribution in [-0.4, -0.2) is 32.8 Å². The zero-order valence-corrected chi connectivity index (χ0v) is 16.9. The third kappa shape index (κ3) is 4.75. The van der Waals surface area contributed by atoms with Gasteiger partial charge in [-0.2, -0.15) is 5.10 Å². The first-order chi connectivity index (χ1) is 12.8. The van der Waals surface area contributed by atoms with E-state index in [1.165, 1.54) is 22.3 Å². The Morgan fingerprint density at radius 1 is 1.30 bits per heavy atom. The van der Waals surface area contributed by atoms with Crippen LogP contribution in [0.15, 0.2) is 24.8 Å². The number of nitrogens with zero attached hydrogens (tertiary/aromatic N) is 3. The smallest absolute Gasteiger partial charge is 0.217 e. The molecule has 1 saturated heterocycles. The van der Waals surface area contributed by atoms with Crippen molar-refractivity contribution in [3.8, 4) is 0 Å². The van der Waals surface area contributed by atoms with Crippen LogP contribution in [0.25, 0.3) is 0 Å². The topological polar surface area (TPSA) is 69.0 Å². The number of ether oxygens (including phenoxy) is 1. The molecule has 3 atom stereocenters. The lowest BCUT2D eigenvalue weighted by Gasteiger charge is -2.38. The maximum absolute atomic E-state index is 11.6. The van der Waals surface area contributed by atoms with Gasteiger partial charge < -0.3 is 10.1 Å². The number of rotatable bonds is 5. The molecule has 1 N–H and O–H groups in total. The van der Waals surface area contributed by atoms with Crippen LogP contribution in [0.3, 0.4) is 0 Å². The molecular formula is C21H30N4O2. The predicted octanol–water partition coefficient (Wildman–Crippen LogP) is 3.32. The Bertz CT molecular complexity index is 786. The lowest BCUT2D eigenvalue weighted by Crippen LogP contribution is -2.43. The van der Waals surface area contributed by atoms with Gasteiger partial charge in [-0.1, -0.05) is 26.0 Å². The number of hydrogen-bond donors (Lipinski definition) is 1. The molecule has 1 aliphatic heterocycles. The number of carbonyl (C=O) groups is 1. The van der Waals surface area contributed by atoms with Crippen molar-refractivity contribution >= 4 is 5.91 Å². The van der Waals surface area contributed by atoms with Gasteiger partial charge in [-0.05, 0) is 54.9 Å². The van der Waals surface area contributed by atoms with Gasteiger partial charge in [-0.15, -0.1) is 0 Å². The summed E-state index contributed by atoms with van der Waals surface area (Å²) < 4.78 is 8.30. The first kappa shape index (κ1) is 19.5. The van der Waals surface area contributed by atoms with Gasteiger partial charge in [0.1, 0.15) is 12.7 Å². The minimum absolute atomic E-state index is 0.0157.